The van der Waals surface area contributed by atoms with Crippen molar-refractivity contribution in [1.29, 1.82) is 0 Å². The summed E-state index contributed by atoms with van der Waals surface area (Å²) in [7, 11) is 1.61. The van der Waals surface area contributed by atoms with E-state index in [9.17, 15) is 9.90 Å². The molecule has 0 aliphatic rings. The van der Waals surface area contributed by atoms with Crippen LogP contribution >= 0.6 is 11.6 Å². The van der Waals surface area contributed by atoms with E-state index in [2.05, 4.69) is 4.99 Å². The Bertz CT molecular complexity index is 945. The van der Waals surface area contributed by atoms with Crippen molar-refractivity contribution in [1.82, 2.24) is 4.57 Å². The van der Waals surface area contributed by atoms with Crippen molar-refractivity contribution in [2.24, 2.45) is 4.99 Å². The molecule has 1 N–H and O–H groups in total. The number of hydrogen-bond donors (Lipinski definition) is 1. The Balaban J connectivity index is 2.48. The summed E-state index contributed by atoms with van der Waals surface area (Å²) in [6.07, 6.45) is 1.54. The average molecular weight is 313 g/mol. The van der Waals surface area contributed by atoms with Gasteiger partial charge in [0.15, 0.2) is 0 Å². The number of halogens is 1. The summed E-state index contributed by atoms with van der Waals surface area (Å²) in [5.74, 6) is -0.156. The molecule has 5 heteroatoms. The topological polar surface area (TPSA) is 54.6 Å². The average Bonchev–Trinajstić information content (AvgIpc) is 2.52. The Kier molecular flexibility index (Phi) is 3.69. The zero-order chi connectivity index (χ0) is 15.7. The van der Waals surface area contributed by atoms with Crippen LogP contribution in [0.5, 0.6) is 5.88 Å². The SMILES string of the molecule is CN=Cc1c(O)n(-c2cccc(Cl)c2)c(=O)c2ccccc12. The largest absolute Gasteiger partial charge is 0.494 e. The fourth-order valence-corrected chi connectivity index (χ4v) is 2.66. The van der Waals surface area contributed by atoms with Crippen molar-refractivity contribution in [3.63, 3.8) is 0 Å². The summed E-state index contributed by atoms with van der Waals surface area (Å²) in [5, 5.41) is 12.2. The predicted octanol–water partition coefficient (Wildman–Crippen LogP) is 3.40. The molecule has 3 rings (SSSR count). The molecule has 0 saturated heterocycles. The number of benzene rings is 2. The molecule has 0 aliphatic carbocycles. The Morgan fingerprint density at radius 1 is 1.14 bits per heavy atom. The highest BCUT2D eigenvalue weighted by atomic mass is 35.5. The Morgan fingerprint density at radius 3 is 2.55 bits per heavy atom. The minimum atomic E-state index is -0.302. The molecule has 0 spiro atoms. The van der Waals surface area contributed by atoms with E-state index in [-0.39, 0.29) is 11.4 Å². The van der Waals surface area contributed by atoms with Gasteiger partial charge < -0.3 is 5.11 Å². The lowest BCUT2D eigenvalue weighted by Gasteiger charge is -2.13. The maximum atomic E-state index is 12.7. The number of pyridine rings is 1. The van der Waals surface area contributed by atoms with Crippen LogP contribution in [-0.2, 0) is 0 Å². The number of rotatable bonds is 2. The monoisotopic (exact) mass is 312 g/mol. The first-order valence-electron chi connectivity index (χ1n) is 6.68. The molecule has 1 aromatic heterocycles. The van der Waals surface area contributed by atoms with E-state index >= 15 is 0 Å². The van der Waals surface area contributed by atoms with Gasteiger partial charge in [-0.05, 0) is 24.3 Å². The van der Waals surface area contributed by atoms with Crippen molar-refractivity contribution in [3.05, 3.63) is 69.5 Å². The molecular formula is C17H13ClN2O2. The molecule has 0 saturated carbocycles. The number of aromatic nitrogens is 1. The van der Waals surface area contributed by atoms with Gasteiger partial charge in [0.1, 0.15) is 0 Å². The van der Waals surface area contributed by atoms with Gasteiger partial charge in [0.05, 0.1) is 11.3 Å². The lowest BCUT2D eigenvalue weighted by molar-refractivity contribution is 0.436. The van der Waals surface area contributed by atoms with Gasteiger partial charge in [-0.2, -0.15) is 0 Å². The van der Waals surface area contributed by atoms with Crippen molar-refractivity contribution >= 4 is 28.6 Å². The van der Waals surface area contributed by atoms with Crippen LogP contribution in [0.4, 0.5) is 0 Å². The van der Waals surface area contributed by atoms with Crippen LogP contribution in [0.1, 0.15) is 5.56 Å². The van der Waals surface area contributed by atoms with Gasteiger partial charge in [-0.3, -0.25) is 9.79 Å². The third kappa shape index (κ3) is 2.27. The van der Waals surface area contributed by atoms with E-state index < -0.39 is 0 Å². The van der Waals surface area contributed by atoms with Gasteiger partial charge >= 0.3 is 0 Å². The first-order valence-corrected chi connectivity index (χ1v) is 7.06. The second-order valence-electron chi connectivity index (χ2n) is 4.79. The van der Waals surface area contributed by atoms with E-state index in [4.69, 9.17) is 11.6 Å². The first kappa shape index (κ1) is 14.4. The molecular weight excluding hydrogens is 300 g/mol. The molecule has 0 aliphatic heterocycles. The van der Waals surface area contributed by atoms with Gasteiger partial charge in [0.2, 0.25) is 5.88 Å². The van der Waals surface area contributed by atoms with E-state index in [1.807, 2.05) is 6.07 Å². The van der Waals surface area contributed by atoms with Crippen LogP contribution in [0, 0.1) is 0 Å². The molecule has 0 atom stereocenters. The minimum Gasteiger partial charge on any atom is -0.494 e. The van der Waals surface area contributed by atoms with E-state index in [1.54, 1.807) is 49.5 Å². The third-order valence-electron chi connectivity index (χ3n) is 3.43. The highest BCUT2D eigenvalue weighted by Gasteiger charge is 2.16. The van der Waals surface area contributed by atoms with Crippen LogP contribution < -0.4 is 5.56 Å². The highest BCUT2D eigenvalue weighted by Crippen LogP contribution is 2.26. The lowest BCUT2D eigenvalue weighted by atomic mass is 10.1. The van der Waals surface area contributed by atoms with Crippen molar-refractivity contribution in [3.8, 4) is 11.6 Å². The zero-order valence-corrected chi connectivity index (χ0v) is 12.6. The summed E-state index contributed by atoms with van der Waals surface area (Å²) in [4.78, 5) is 16.7. The highest BCUT2D eigenvalue weighted by molar-refractivity contribution is 6.30. The zero-order valence-electron chi connectivity index (χ0n) is 11.8. The summed E-state index contributed by atoms with van der Waals surface area (Å²) in [5.41, 5.74) is 0.702. The maximum absolute atomic E-state index is 12.7. The fourth-order valence-electron chi connectivity index (χ4n) is 2.47. The van der Waals surface area contributed by atoms with Crippen molar-refractivity contribution in [2.45, 2.75) is 0 Å². The molecule has 0 radical (unpaired) electrons. The third-order valence-corrected chi connectivity index (χ3v) is 3.66. The standard InChI is InChI=1S/C17H13ClN2O2/c1-19-10-15-13-7-2-3-8-14(13)16(21)20(17(15)22)12-6-4-5-11(18)9-12/h2-10,22H,1H3. The molecule has 22 heavy (non-hydrogen) atoms. The Hall–Kier alpha value is -2.59. The number of nitrogens with zero attached hydrogens (tertiary/aromatic N) is 2. The minimum absolute atomic E-state index is 0.156. The van der Waals surface area contributed by atoms with E-state index in [0.717, 1.165) is 0 Å². The molecule has 1 heterocycles. The summed E-state index contributed by atoms with van der Waals surface area (Å²) >= 11 is 6.00. The van der Waals surface area contributed by atoms with Crippen molar-refractivity contribution in [2.75, 3.05) is 7.05 Å². The van der Waals surface area contributed by atoms with Gasteiger partial charge in [-0.1, -0.05) is 35.9 Å². The van der Waals surface area contributed by atoms with Crippen LogP contribution in [0.15, 0.2) is 58.3 Å². The van der Waals surface area contributed by atoms with Crippen LogP contribution in [0.3, 0.4) is 0 Å². The summed E-state index contributed by atoms with van der Waals surface area (Å²) < 4.78 is 1.24. The van der Waals surface area contributed by atoms with Crippen LogP contribution in [0.2, 0.25) is 5.02 Å². The fraction of sp³-hybridized carbons (Fsp3) is 0.0588. The van der Waals surface area contributed by atoms with Gasteiger partial charge in [-0.15, -0.1) is 0 Å². The molecule has 0 amide bonds. The summed E-state index contributed by atoms with van der Waals surface area (Å²) in [6.45, 7) is 0. The second kappa shape index (κ2) is 5.66. The van der Waals surface area contributed by atoms with Crippen LogP contribution in [-0.4, -0.2) is 22.9 Å². The number of fused-ring (bicyclic) bond motifs is 1. The number of hydrogen-bond acceptors (Lipinski definition) is 3. The van der Waals surface area contributed by atoms with E-state index in [1.165, 1.54) is 10.8 Å². The van der Waals surface area contributed by atoms with Crippen LogP contribution in [0.25, 0.3) is 16.5 Å². The summed E-state index contributed by atoms with van der Waals surface area (Å²) in [6, 6.07) is 13.9. The smallest absolute Gasteiger partial charge is 0.265 e. The normalized spacial score (nSPS) is 11.4. The van der Waals surface area contributed by atoms with Gasteiger partial charge in [0, 0.05) is 29.1 Å². The molecule has 0 unspecified atom stereocenters. The Morgan fingerprint density at radius 2 is 1.86 bits per heavy atom. The van der Waals surface area contributed by atoms with Gasteiger partial charge in [-0.25, -0.2) is 4.57 Å². The van der Waals surface area contributed by atoms with E-state index in [0.29, 0.717) is 27.0 Å². The second-order valence-corrected chi connectivity index (χ2v) is 5.23. The number of aromatic hydroxyl groups is 1. The van der Waals surface area contributed by atoms with Gasteiger partial charge in [0.25, 0.3) is 5.56 Å². The first-order chi connectivity index (χ1) is 10.6. The lowest BCUT2D eigenvalue weighted by Crippen LogP contribution is -2.20. The molecule has 0 fully saturated rings. The number of aliphatic imine (C=N–C) groups is 1. The quantitative estimate of drug-likeness (QED) is 0.737. The maximum Gasteiger partial charge on any atom is 0.265 e. The molecule has 0 bridgehead atoms. The molecule has 2 aromatic carbocycles. The molecule has 4 nitrogen and oxygen atoms in total. The Labute approximate surface area is 131 Å². The molecule has 3 aromatic rings. The predicted molar refractivity (Wildman–Crippen MR) is 89.7 cm³/mol. The molecule has 110 valence electrons. The van der Waals surface area contributed by atoms with Crippen molar-refractivity contribution < 1.29 is 5.11 Å².